The second-order valence-corrected chi connectivity index (χ2v) is 6.00. The average molecular weight is 367 g/mol. The van der Waals surface area contributed by atoms with E-state index in [1.165, 1.54) is 23.1 Å². The molecule has 0 fully saturated rings. The third kappa shape index (κ3) is 3.61. The van der Waals surface area contributed by atoms with Crippen LogP contribution in [0.4, 0.5) is 5.69 Å². The van der Waals surface area contributed by atoms with Gasteiger partial charge in [-0.15, -0.1) is 0 Å². The quantitative estimate of drug-likeness (QED) is 0.528. The van der Waals surface area contributed by atoms with Gasteiger partial charge < -0.3 is 10.2 Å². The maximum Gasteiger partial charge on any atom is 0.275 e. The van der Waals surface area contributed by atoms with E-state index in [1.807, 2.05) is 0 Å². The van der Waals surface area contributed by atoms with Gasteiger partial charge in [0, 0.05) is 43.7 Å². The zero-order valence-corrected chi connectivity index (χ0v) is 14.7. The maximum atomic E-state index is 12.7. The van der Waals surface area contributed by atoms with E-state index in [1.54, 1.807) is 38.4 Å². The van der Waals surface area contributed by atoms with Crippen molar-refractivity contribution in [1.29, 1.82) is 0 Å². The van der Waals surface area contributed by atoms with Crippen LogP contribution in [0, 0.1) is 10.1 Å². The van der Waals surface area contributed by atoms with Crippen molar-refractivity contribution in [2.75, 3.05) is 14.1 Å². The number of non-ortho nitro benzene ring substituents is 1. The van der Waals surface area contributed by atoms with Crippen molar-refractivity contribution in [3.05, 3.63) is 69.4 Å². The van der Waals surface area contributed by atoms with Crippen molar-refractivity contribution in [2.24, 2.45) is 0 Å². The molecule has 0 spiro atoms. The number of nitrogens with one attached hydrogen (secondary N) is 2. The molecule has 3 aromatic rings. The van der Waals surface area contributed by atoms with Gasteiger partial charge in [0.25, 0.3) is 17.5 Å². The molecule has 0 atom stereocenters. The summed E-state index contributed by atoms with van der Waals surface area (Å²) in [4.78, 5) is 36.2. The first-order chi connectivity index (χ1) is 12.9. The highest BCUT2D eigenvalue weighted by molar-refractivity contribution is 6.05. The molecule has 2 aromatic carbocycles. The number of hydrogen-bond acceptors (Lipinski definition) is 5. The number of H-pyrrole nitrogens is 1. The molecule has 27 heavy (non-hydrogen) atoms. The highest BCUT2D eigenvalue weighted by Gasteiger charge is 2.20. The predicted octanol–water partition coefficient (Wildman–Crippen LogP) is 2.10. The molecule has 3 rings (SSSR count). The summed E-state index contributed by atoms with van der Waals surface area (Å²) in [7, 11) is 3.17. The number of hydrogen-bond donors (Lipinski definition) is 2. The van der Waals surface area contributed by atoms with Crippen LogP contribution >= 0.6 is 0 Å². The number of amides is 2. The van der Waals surface area contributed by atoms with Crippen LogP contribution in [0.3, 0.4) is 0 Å². The van der Waals surface area contributed by atoms with E-state index in [0.717, 1.165) is 5.56 Å². The van der Waals surface area contributed by atoms with Gasteiger partial charge in [-0.3, -0.25) is 24.8 Å². The van der Waals surface area contributed by atoms with Crippen LogP contribution in [0.5, 0.6) is 0 Å². The van der Waals surface area contributed by atoms with Crippen LogP contribution < -0.4 is 5.32 Å². The van der Waals surface area contributed by atoms with Gasteiger partial charge >= 0.3 is 0 Å². The molecular formula is C18H17N5O4. The number of rotatable bonds is 5. The van der Waals surface area contributed by atoms with Gasteiger partial charge in [-0.2, -0.15) is 5.10 Å². The SMILES string of the molecule is CNC(=O)c1ccc(CN(C)C(=O)c2n[nH]c3ccc([N+](=O)[O-])cc23)cc1. The van der Waals surface area contributed by atoms with E-state index in [4.69, 9.17) is 0 Å². The van der Waals surface area contributed by atoms with Gasteiger partial charge in [-0.05, 0) is 23.8 Å². The molecular weight excluding hydrogens is 350 g/mol. The van der Waals surface area contributed by atoms with Gasteiger partial charge in [-0.1, -0.05) is 12.1 Å². The summed E-state index contributed by atoms with van der Waals surface area (Å²) in [5.74, 6) is -0.548. The summed E-state index contributed by atoms with van der Waals surface area (Å²) < 4.78 is 0. The van der Waals surface area contributed by atoms with Crippen molar-refractivity contribution in [3.63, 3.8) is 0 Å². The third-order valence-electron chi connectivity index (χ3n) is 4.17. The zero-order valence-electron chi connectivity index (χ0n) is 14.7. The second kappa shape index (κ2) is 7.24. The number of fused-ring (bicyclic) bond motifs is 1. The summed E-state index contributed by atoms with van der Waals surface area (Å²) in [6, 6.07) is 11.1. The Kier molecular flexibility index (Phi) is 4.84. The molecule has 0 aliphatic carbocycles. The Morgan fingerprint density at radius 2 is 1.93 bits per heavy atom. The Labute approximate surface area is 154 Å². The largest absolute Gasteiger partial charge is 0.355 e. The third-order valence-corrected chi connectivity index (χ3v) is 4.17. The van der Waals surface area contributed by atoms with E-state index in [0.29, 0.717) is 23.0 Å². The average Bonchev–Trinajstić information content (AvgIpc) is 3.10. The molecule has 0 saturated carbocycles. The number of nitro benzene ring substituents is 1. The Morgan fingerprint density at radius 3 is 2.56 bits per heavy atom. The molecule has 9 nitrogen and oxygen atoms in total. The molecule has 0 aliphatic heterocycles. The molecule has 2 N–H and O–H groups in total. The number of nitro groups is 1. The van der Waals surface area contributed by atoms with Gasteiger partial charge in [0.1, 0.15) is 0 Å². The van der Waals surface area contributed by atoms with Gasteiger partial charge in [0.15, 0.2) is 5.69 Å². The Bertz CT molecular complexity index is 1030. The summed E-state index contributed by atoms with van der Waals surface area (Å²) in [5.41, 5.74) is 1.93. The van der Waals surface area contributed by atoms with Crippen molar-refractivity contribution in [2.45, 2.75) is 6.54 Å². The first kappa shape index (κ1) is 18.1. The topological polar surface area (TPSA) is 121 Å². The highest BCUT2D eigenvalue weighted by atomic mass is 16.6. The van der Waals surface area contributed by atoms with Crippen molar-refractivity contribution in [3.8, 4) is 0 Å². The monoisotopic (exact) mass is 367 g/mol. The molecule has 0 unspecified atom stereocenters. The minimum Gasteiger partial charge on any atom is -0.355 e. The second-order valence-electron chi connectivity index (χ2n) is 6.00. The fourth-order valence-corrected chi connectivity index (χ4v) is 2.71. The lowest BCUT2D eigenvalue weighted by Gasteiger charge is -2.16. The first-order valence-electron chi connectivity index (χ1n) is 8.09. The Hall–Kier alpha value is -3.75. The van der Waals surface area contributed by atoms with Crippen molar-refractivity contribution < 1.29 is 14.5 Å². The zero-order chi connectivity index (χ0) is 19.6. The molecule has 9 heteroatoms. The van der Waals surface area contributed by atoms with Crippen LogP contribution in [0.25, 0.3) is 10.9 Å². The summed E-state index contributed by atoms with van der Waals surface area (Å²) in [5, 5.41) is 20.6. The fraction of sp³-hybridized carbons (Fsp3) is 0.167. The number of aromatic nitrogens is 2. The predicted molar refractivity (Wildman–Crippen MR) is 98.4 cm³/mol. The minimum atomic E-state index is -0.515. The minimum absolute atomic E-state index is 0.106. The molecule has 0 bridgehead atoms. The Balaban J connectivity index is 1.81. The van der Waals surface area contributed by atoms with E-state index in [2.05, 4.69) is 15.5 Å². The molecule has 1 heterocycles. The number of aromatic amines is 1. The molecule has 0 saturated heterocycles. The van der Waals surface area contributed by atoms with Crippen LogP contribution in [0.2, 0.25) is 0 Å². The van der Waals surface area contributed by atoms with E-state index in [9.17, 15) is 19.7 Å². The number of carbonyl (C=O) groups is 2. The lowest BCUT2D eigenvalue weighted by atomic mass is 10.1. The van der Waals surface area contributed by atoms with Crippen LogP contribution in [0.1, 0.15) is 26.4 Å². The van der Waals surface area contributed by atoms with Crippen LogP contribution in [-0.2, 0) is 6.54 Å². The highest BCUT2D eigenvalue weighted by Crippen LogP contribution is 2.23. The standard InChI is InChI=1S/C18H17N5O4/c1-19-17(24)12-5-3-11(4-6-12)10-22(2)18(25)16-14-9-13(23(26)27)7-8-15(14)20-21-16/h3-9H,10H2,1-2H3,(H,19,24)(H,20,21). The van der Waals surface area contributed by atoms with Crippen molar-refractivity contribution >= 4 is 28.4 Å². The molecule has 2 amide bonds. The van der Waals surface area contributed by atoms with Crippen molar-refractivity contribution in [1.82, 2.24) is 20.4 Å². The summed E-state index contributed by atoms with van der Waals surface area (Å²) >= 11 is 0. The van der Waals surface area contributed by atoms with Gasteiger partial charge in [-0.25, -0.2) is 0 Å². The fourth-order valence-electron chi connectivity index (χ4n) is 2.71. The van der Waals surface area contributed by atoms with E-state index >= 15 is 0 Å². The normalized spacial score (nSPS) is 10.6. The summed E-state index contributed by atoms with van der Waals surface area (Å²) in [6.07, 6.45) is 0. The number of carbonyl (C=O) groups excluding carboxylic acids is 2. The Morgan fingerprint density at radius 1 is 1.22 bits per heavy atom. The number of nitrogens with zero attached hydrogens (tertiary/aromatic N) is 3. The maximum absolute atomic E-state index is 12.7. The number of benzene rings is 2. The van der Waals surface area contributed by atoms with E-state index in [-0.39, 0.29) is 23.2 Å². The summed E-state index contributed by atoms with van der Waals surface area (Å²) in [6.45, 7) is 0.302. The molecule has 0 aliphatic rings. The van der Waals surface area contributed by atoms with Gasteiger partial charge in [0.2, 0.25) is 0 Å². The smallest absolute Gasteiger partial charge is 0.275 e. The first-order valence-corrected chi connectivity index (χ1v) is 8.09. The van der Waals surface area contributed by atoms with E-state index < -0.39 is 4.92 Å². The van der Waals surface area contributed by atoms with Crippen LogP contribution in [-0.4, -0.2) is 45.9 Å². The lowest BCUT2D eigenvalue weighted by molar-refractivity contribution is -0.384. The van der Waals surface area contributed by atoms with Gasteiger partial charge in [0.05, 0.1) is 10.4 Å². The lowest BCUT2D eigenvalue weighted by Crippen LogP contribution is -2.26. The molecule has 138 valence electrons. The van der Waals surface area contributed by atoms with Crippen LogP contribution in [0.15, 0.2) is 42.5 Å². The molecule has 1 aromatic heterocycles. The molecule has 0 radical (unpaired) electrons.